The largest absolute Gasteiger partial charge is 0.450 e. The Morgan fingerprint density at radius 1 is 0.719 bits per heavy atom. The molecule has 4 aliphatic heterocycles. The Morgan fingerprint density at radius 2 is 1.21 bits per heavy atom. The highest BCUT2D eigenvalue weighted by molar-refractivity contribution is 5.94. The SMILES string of the molecule is CCOC(=O)N1CCN(c2ccc(C(=O)NC3CCN(C#N)C3)cn2)CC1.N#CN1CCC(NC(=O)c2ccc(N3CCN(c4ccc(F)cc4F)CC3)nc2)C1. The predicted molar refractivity (Wildman–Crippen MR) is 206 cm³/mol. The fourth-order valence-corrected chi connectivity index (χ4v) is 7.14. The minimum atomic E-state index is -0.585. The van der Waals surface area contributed by atoms with Crippen LogP contribution in [0.15, 0.2) is 54.9 Å². The molecule has 0 bridgehead atoms. The number of anilines is 3. The molecule has 6 heterocycles. The van der Waals surface area contributed by atoms with Crippen LogP contribution in [-0.4, -0.2) is 140 Å². The number of likely N-dealkylation sites (tertiary alicyclic amines) is 2. The Labute approximate surface area is 330 Å². The van der Waals surface area contributed by atoms with Crippen molar-refractivity contribution in [1.82, 2.24) is 35.3 Å². The number of nitriles is 2. The summed E-state index contributed by atoms with van der Waals surface area (Å²) in [5.41, 5.74) is 1.37. The number of amides is 3. The number of nitrogens with zero attached hydrogens (tertiary/aromatic N) is 10. The van der Waals surface area contributed by atoms with Gasteiger partial charge in [-0.05, 0) is 56.2 Å². The number of aromatic nitrogens is 2. The van der Waals surface area contributed by atoms with Crippen molar-refractivity contribution < 1.29 is 27.9 Å². The first-order valence-electron chi connectivity index (χ1n) is 19.1. The van der Waals surface area contributed by atoms with Gasteiger partial charge in [-0.2, -0.15) is 10.5 Å². The first kappa shape index (κ1) is 40.2. The van der Waals surface area contributed by atoms with E-state index in [-0.39, 0.29) is 30.0 Å². The normalized spacial score (nSPS) is 19.2. The Hall–Kier alpha value is -6.43. The summed E-state index contributed by atoms with van der Waals surface area (Å²) < 4.78 is 32.1. The quantitative estimate of drug-likeness (QED) is 0.319. The number of pyridine rings is 2. The molecule has 7 rings (SSSR count). The van der Waals surface area contributed by atoms with Crippen molar-refractivity contribution in [3.05, 3.63) is 77.6 Å². The van der Waals surface area contributed by atoms with Gasteiger partial charge in [0.05, 0.1) is 23.4 Å². The number of carbonyl (C=O) groups is 3. The topological polar surface area (TPSA) is 177 Å². The third-order valence-corrected chi connectivity index (χ3v) is 10.3. The van der Waals surface area contributed by atoms with Crippen LogP contribution in [0.5, 0.6) is 0 Å². The molecule has 2 unspecified atom stereocenters. The molecule has 2 N–H and O–H groups in total. The van der Waals surface area contributed by atoms with Crippen LogP contribution >= 0.6 is 0 Å². The van der Waals surface area contributed by atoms with Gasteiger partial charge in [-0.25, -0.2) is 23.5 Å². The monoisotopic (exact) mass is 784 g/mol. The minimum absolute atomic E-state index is 0.00668. The van der Waals surface area contributed by atoms with Gasteiger partial charge in [0.1, 0.15) is 23.3 Å². The molecular weight excluding hydrogens is 739 g/mol. The van der Waals surface area contributed by atoms with E-state index in [2.05, 4.69) is 42.8 Å². The maximum absolute atomic E-state index is 14.0. The van der Waals surface area contributed by atoms with E-state index in [1.165, 1.54) is 12.1 Å². The highest BCUT2D eigenvalue weighted by atomic mass is 19.1. The average Bonchev–Trinajstić information content (AvgIpc) is 3.90. The molecule has 3 amide bonds. The number of ether oxygens (including phenoxy) is 1. The van der Waals surface area contributed by atoms with Crippen LogP contribution in [0.4, 0.5) is 30.9 Å². The van der Waals surface area contributed by atoms with Gasteiger partial charge < -0.3 is 44.8 Å². The summed E-state index contributed by atoms with van der Waals surface area (Å²) in [4.78, 5) is 56.3. The van der Waals surface area contributed by atoms with Crippen molar-refractivity contribution in [2.45, 2.75) is 31.8 Å². The summed E-state index contributed by atoms with van der Waals surface area (Å²) in [5, 5.41) is 23.7. The summed E-state index contributed by atoms with van der Waals surface area (Å²) >= 11 is 0. The number of halogens is 2. The van der Waals surface area contributed by atoms with Gasteiger partial charge >= 0.3 is 6.09 Å². The van der Waals surface area contributed by atoms with Crippen LogP contribution in [0.1, 0.15) is 40.5 Å². The number of hydrogen-bond donors (Lipinski definition) is 2. The number of rotatable bonds is 8. The molecule has 57 heavy (non-hydrogen) atoms. The first-order chi connectivity index (χ1) is 27.6. The second-order valence-electron chi connectivity index (χ2n) is 14.1. The Balaban J connectivity index is 0.000000194. The van der Waals surface area contributed by atoms with Crippen LogP contribution in [0, 0.1) is 34.5 Å². The van der Waals surface area contributed by atoms with Gasteiger partial charge in [0.15, 0.2) is 12.4 Å². The van der Waals surface area contributed by atoms with E-state index < -0.39 is 11.6 Å². The molecule has 2 aromatic heterocycles. The van der Waals surface area contributed by atoms with Gasteiger partial charge in [0, 0.05) is 109 Å². The van der Waals surface area contributed by atoms with E-state index in [0.717, 1.165) is 30.5 Å². The lowest BCUT2D eigenvalue weighted by molar-refractivity contribution is 0.0930. The van der Waals surface area contributed by atoms with Crippen LogP contribution in [0.3, 0.4) is 0 Å². The van der Waals surface area contributed by atoms with Crippen molar-refractivity contribution in [2.75, 3.05) is 99.8 Å². The molecule has 0 saturated carbocycles. The number of carbonyl (C=O) groups excluding carboxylic acids is 3. The Morgan fingerprint density at radius 3 is 1.63 bits per heavy atom. The van der Waals surface area contributed by atoms with Crippen LogP contribution in [0.25, 0.3) is 0 Å². The molecule has 16 nitrogen and oxygen atoms in total. The highest BCUT2D eigenvalue weighted by Gasteiger charge is 2.27. The molecule has 2 atom stereocenters. The molecule has 0 spiro atoms. The number of nitrogens with one attached hydrogen (secondary N) is 2. The number of benzene rings is 1. The van der Waals surface area contributed by atoms with Crippen molar-refractivity contribution in [1.29, 1.82) is 10.5 Å². The lowest BCUT2D eigenvalue weighted by Crippen LogP contribution is -2.49. The lowest BCUT2D eigenvalue weighted by atomic mass is 10.2. The van der Waals surface area contributed by atoms with Crippen molar-refractivity contribution in [3.63, 3.8) is 0 Å². The molecule has 4 fully saturated rings. The van der Waals surface area contributed by atoms with E-state index in [9.17, 15) is 23.2 Å². The molecule has 0 aliphatic carbocycles. The second-order valence-corrected chi connectivity index (χ2v) is 14.1. The molecule has 4 saturated heterocycles. The van der Waals surface area contributed by atoms with Gasteiger partial charge in [0.25, 0.3) is 11.8 Å². The molecule has 18 heteroatoms. The highest BCUT2D eigenvalue weighted by Crippen LogP contribution is 2.23. The van der Waals surface area contributed by atoms with Crippen molar-refractivity contribution >= 4 is 35.2 Å². The van der Waals surface area contributed by atoms with E-state index in [0.29, 0.717) is 102 Å². The van der Waals surface area contributed by atoms with E-state index in [4.69, 9.17) is 15.3 Å². The Kier molecular flexibility index (Phi) is 13.4. The third-order valence-electron chi connectivity index (χ3n) is 10.3. The zero-order valence-corrected chi connectivity index (χ0v) is 31.8. The van der Waals surface area contributed by atoms with E-state index in [1.807, 2.05) is 11.0 Å². The zero-order valence-electron chi connectivity index (χ0n) is 31.8. The molecular formula is C39H46F2N12O4. The third kappa shape index (κ3) is 10.5. The van der Waals surface area contributed by atoms with Gasteiger partial charge in [-0.1, -0.05) is 0 Å². The smallest absolute Gasteiger partial charge is 0.409 e. The number of hydrogen-bond acceptors (Lipinski definition) is 13. The summed E-state index contributed by atoms with van der Waals surface area (Å²) in [7, 11) is 0. The minimum Gasteiger partial charge on any atom is -0.450 e. The molecule has 4 aliphatic rings. The van der Waals surface area contributed by atoms with Gasteiger partial charge in [-0.3, -0.25) is 9.59 Å². The van der Waals surface area contributed by atoms with Gasteiger partial charge in [0.2, 0.25) is 0 Å². The predicted octanol–water partition coefficient (Wildman–Crippen LogP) is 2.62. The van der Waals surface area contributed by atoms with Crippen LogP contribution in [-0.2, 0) is 4.74 Å². The molecule has 3 aromatic rings. The summed E-state index contributed by atoms with van der Waals surface area (Å²) in [5.74, 6) is 0.0194. The maximum Gasteiger partial charge on any atom is 0.409 e. The fraction of sp³-hybridized carbons (Fsp3) is 0.462. The molecule has 1 aromatic carbocycles. The van der Waals surface area contributed by atoms with Crippen molar-refractivity contribution in [3.8, 4) is 12.4 Å². The van der Waals surface area contributed by atoms with E-state index >= 15 is 0 Å². The number of piperazine rings is 2. The van der Waals surface area contributed by atoms with Crippen molar-refractivity contribution in [2.24, 2.45) is 0 Å². The molecule has 300 valence electrons. The molecule has 0 radical (unpaired) electrons. The van der Waals surface area contributed by atoms with Gasteiger partial charge in [-0.15, -0.1) is 0 Å². The first-order valence-corrected chi connectivity index (χ1v) is 19.1. The van der Waals surface area contributed by atoms with Crippen LogP contribution < -0.4 is 25.3 Å². The summed E-state index contributed by atoms with van der Waals surface area (Å²) in [6, 6.07) is 10.7. The van der Waals surface area contributed by atoms with E-state index in [1.54, 1.807) is 52.2 Å². The maximum atomic E-state index is 14.0. The Bertz CT molecular complexity index is 1940. The standard InChI is InChI=1S/C21H22F2N6O.C18H24N6O3/c22-16-2-3-19(18(23)11-16)28-7-9-29(10-8-28)20-4-1-15(12-25-20)21(30)26-17-5-6-27(13-17)14-24;1-2-27-18(26)24-9-7-23(8-10-24)16-4-3-14(11-20-16)17(25)21-15-5-6-22(12-15)13-19/h1-4,11-12,17H,5-10,13H2,(H,26,30);3-4,11,15H,2,5-10,12H2,1H3,(H,21,25). The second kappa shape index (κ2) is 18.9. The van der Waals surface area contributed by atoms with Crippen LogP contribution in [0.2, 0.25) is 0 Å². The fourth-order valence-electron chi connectivity index (χ4n) is 7.14. The summed E-state index contributed by atoms with van der Waals surface area (Å²) in [6.07, 6.45) is 8.56. The lowest BCUT2D eigenvalue weighted by Gasteiger charge is -2.36. The summed E-state index contributed by atoms with van der Waals surface area (Å²) in [6.45, 7) is 9.55. The zero-order chi connectivity index (χ0) is 40.3. The average molecular weight is 785 g/mol.